The van der Waals surface area contributed by atoms with Crippen LogP contribution in [0.3, 0.4) is 0 Å². The Bertz CT molecular complexity index is 1020. The molecule has 1 N–H and O–H groups in total. The van der Waals surface area contributed by atoms with E-state index >= 15 is 0 Å². The van der Waals surface area contributed by atoms with Gasteiger partial charge in [0.25, 0.3) is 5.91 Å². The van der Waals surface area contributed by atoms with E-state index < -0.39 is 0 Å². The van der Waals surface area contributed by atoms with Gasteiger partial charge in [-0.05, 0) is 12.0 Å². The summed E-state index contributed by atoms with van der Waals surface area (Å²) >= 11 is 6.36. The maximum absolute atomic E-state index is 13.0. The molecule has 29 heavy (non-hydrogen) atoms. The van der Waals surface area contributed by atoms with Gasteiger partial charge in [-0.3, -0.25) is 9.48 Å². The van der Waals surface area contributed by atoms with Crippen molar-refractivity contribution in [3.05, 3.63) is 70.5 Å². The molecule has 0 unspecified atom stereocenters. The third kappa shape index (κ3) is 4.22. The minimum atomic E-state index is -0.252. The van der Waals surface area contributed by atoms with E-state index in [-0.39, 0.29) is 5.91 Å². The highest BCUT2D eigenvalue weighted by Gasteiger charge is 2.20. The molecule has 7 heteroatoms. The van der Waals surface area contributed by atoms with E-state index in [2.05, 4.69) is 10.4 Å². The molecule has 0 fully saturated rings. The number of hydrogen-bond acceptors (Lipinski definition) is 4. The Morgan fingerprint density at radius 3 is 2.62 bits per heavy atom. The van der Waals surface area contributed by atoms with Crippen molar-refractivity contribution in [1.29, 1.82) is 0 Å². The lowest BCUT2D eigenvalue weighted by atomic mass is 10.1. The van der Waals surface area contributed by atoms with E-state index in [0.29, 0.717) is 54.0 Å². The van der Waals surface area contributed by atoms with Gasteiger partial charge in [0, 0.05) is 18.6 Å². The van der Waals surface area contributed by atoms with Crippen LogP contribution in [0.25, 0.3) is 0 Å². The van der Waals surface area contributed by atoms with Gasteiger partial charge in [0.1, 0.15) is 0 Å². The highest BCUT2D eigenvalue weighted by Crippen LogP contribution is 2.37. The van der Waals surface area contributed by atoms with Crippen LogP contribution >= 0.6 is 11.6 Å². The van der Waals surface area contributed by atoms with Crippen molar-refractivity contribution in [3.8, 4) is 11.5 Å². The van der Waals surface area contributed by atoms with Crippen molar-refractivity contribution < 1.29 is 14.3 Å². The van der Waals surface area contributed by atoms with Crippen LogP contribution in [0, 0.1) is 0 Å². The van der Waals surface area contributed by atoms with Gasteiger partial charge in [0.15, 0.2) is 11.5 Å². The fourth-order valence-corrected chi connectivity index (χ4v) is 3.54. The summed E-state index contributed by atoms with van der Waals surface area (Å²) in [5.74, 6) is 0.922. The van der Waals surface area contributed by atoms with Crippen LogP contribution in [0.2, 0.25) is 5.02 Å². The quantitative estimate of drug-likeness (QED) is 0.668. The number of anilines is 1. The number of carbonyl (C=O) groups excluding carboxylic acids is 1. The van der Waals surface area contributed by atoms with Crippen molar-refractivity contribution in [3.63, 3.8) is 0 Å². The molecule has 0 saturated heterocycles. The topological polar surface area (TPSA) is 65.4 Å². The summed E-state index contributed by atoms with van der Waals surface area (Å²) in [7, 11) is 0. The first-order chi connectivity index (χ1) is 14.2. The van der Waals surface area contributed by atoms with Gasteiger partial charge in [-0.15, -0.1) is 0 Å². The molecule has 0 bridgehead atoms. The summed E-state index contributed by atoms with van der Waals surface area (Å²) < 4.78 is 13.2. The number of benzene rings is 2. The second-order valence-corrected chi connectivity index (χ2v) is 7.19. The van der Waals surface area contributed by atoms with Gasteiger partial charge in [0.05, 0.1) is 47.9 Å². The summed E-state index contributed by atoms with van der Waals surface area (Å²) in [6.45, 7) is 3.77. The van der Waals surface area contributed by atoms with Crippen LogP contribution in [-0.2, 0) is 13.0 Å². The number of halogens is 1. The zero-order chi connectivity index (χ0) is 20.2. The second kappa shape index (κ2) is 8.57. The number of carbonyl (C=O) groups is 1. The molecule has 150 valence electrons. The number of amides is 1. The molecule has 1 aromatic heterocycles. The lowest BCUT2D eigenvalue weighted by molar-refractivity contribution is 0.102. The molecule has 2 aromatic carbocycles. The Balaban J connectivity index is 1.57. The van der Waals surface area contributed by atoms with E-state index in [0.717, 1.165) is 17.7 Å². The largest absolute Gasteiger partial charge is 0.490 e. The van der Waals surface area contributed by atoms with Gasteiger partial charge in [-0.1, -0.05) is 48.9 Å². The number of fused-ring (bicyclic) bond motifs is 1. The SMILES string of the molecule is CCc1c(C(=O)Nc2cc3c(cc2Cl)OCCCO3)cnn1Cc1ccccc1. The minimum Gasteiger partial charge on any atom is -0.490 e. The van der Waals surface area contributed by atoms with Crippen molar-refractivity contribution in [2.24, 2.45) is 0 Å². The minimum absolute atomic E-state index is 0.252. The third-order valence-corrected chi connectivity index (χ3v) is 5.10. The molecule has 1 aliphatic rings. The Morgan fingerprint density at radius 2 is 1.90 bits per heavy atom. The lowest BCUT2D eigenvalue weighted by Gasteiger charge is -2.13. The Labute approximate surface area is 174 Å². The smallest absolute Gasteiger partial charge is 0.259 e. The summed E-state index contributed by atoms with van der Waals surface area (Å²) in [5, 5.41) is 7.72. The molecule has 1 aliphatic heterocycles. The summed E-state index contributed by atoms with van der Waals surface area (Å²) in [6, 6.07) is 13.4. The summed E-state index contributed by atoms with van der Waals surface area (Å²) in [6.07, 6.45) is 3.09. The lowest BCUT2D eigenvalue weighted by Crippen LogP contribution is -2.15. The molecule has 3 aromatic rings. The Kier molecular flexibility index (Phi) is 5.71. The molecular formula is C22H22ClN3O3. The average Bonchev–Trinajstić information content (AvgIpc) is 2.99. The fraction of sp³-hybridized carbons (Fsp3) is 0.273. The maximum atomic E-state index is 13.0. The van der Waals surface area contributed by atoms with Crippen molar-refractivity contribution in [1.82, 2.24) is 9.78 Å². The van der Waals surface area contributed by atoms with E-state index in [4.69, 9.17) is 21.1 Å². The van der Waals surface area contributed by atoms with Crippen LogP contribution < -0.4 is 14.8 Å². The molecule has 2 heterocycles. The Hall–Kier alpha value is -2.99. The second-order valence-electron chi connectivity index (χ2n) is 6.79. The normalized spacial score (nSPS) is 13.0. The van der Waals surface area contributed by atoms with Crippen LogP contribution in [0.15, 0.2) is 48.7 Å². The average molecular weight is 412 g/mol. The number of ether oxygens (including phenoxy) is 2. The highest BCUT2D eigenvalue weighted by atomic mass is 35.5. The van der Waals surface area contributed by atoms with Crippen molar-refractivity contribution in [2.45, 2.75) is 26.3 Å². The van der Waals surface area contributed by atoms with Crippen LogP contribution in [0.4, 0.5) is 5.69 Å². The van der Waals surface area contributed by atoms with Crippen LogP contribution in [0.1, 0.15) is 35.0 Å². The molecule has 0 saturated carbocycles. The van der Waals surface area contributed by atoms with E-state index in [9.17, 15) is 4.79 Å². The first-order valence-corrected chi connectivity index (χ1v) is 10.0. The number of aromatic nitrogens is 2. The molecular weight excluding hydrogens is 390 g/mol. The molecule has 0 spiro atoms. The molecule has 6 nitrogen and oxygen atoms in total. The monoisotopic (exact) mass is 411 g/mol. The van der Waals surface area contributed by atoms with Gasteiger partial charge in [-0.25, -0.2) is 0 Å². The van der Waals surface area contributed by atoms with Crippen LogP contribution in [0.5, 0.6) is 11.5 Å². The van der Waals surface area contributed by atoms with Gasteiger partial charge >= 0.3 is 0 Å². The van der Waals surface area contributed by atoms with E-state index in [1.165, 1.54) is 0 Å². The molecule has 0 aliphatic carbocycles. The van der Waals surface area contributed by atoms with Gasteiger partial charge < -0.3 is 14.8 Å². The zero-order valence-corrected chi connectivity index (χ0v) is 16.9. The standard InChI is InChI=1S/C22H22ClN3O3/c1-2-19-16(13-24-26(19)14-15-7-4-3-5-8-15)22(27)25-18-12-21-20(11-17(18)23)28-9-6-10-29-21/h3-5,7-8,11-13H,2,6,9-10,14H2,1H3,(H,25,27). The van der Waals surface area contributed by atoms with Crippen molar-refractivity contribution in [2.75, 3.05) is 18.5 Å². The first-order valence-electron chi connectivity index (χ1n) is 9.65. The van der Waals surface area contributed by atoms with Crippen LogP contribution in [-0.4, -0.2) is 28.9 Å². The van der Waals surface area contributed by atoms with Crippen molar-refractivity contribution >= 4 is 23.2 Å². The molecule has 4 rings (SSSR count). The van der Waals surface area contributed by atoms with Gasteiger partial charge in [0.2, 0.25) is 0 Å². The first kappa shape index (κ1) is 19.3. The molecule has 0 radical (unpaired) electrons. The summed E-state index contributed by atoms with van der Waals surface area (Å²) in [5.41, 5.74) is 3.02. The number of nitrogens with one attached hydrogen (secondary N) is 1. The van der Waals surface area contributed by atoms with E-state index in [1.807, 2.05) is 41.9 Å². The number of rotatable bonds is 5. The predicted octanol–water partition coefficient (Wildman–Crippen LogP) is 4.56. The molecule has 1 amide bonds. The summed E-state index contributed by atoms with van der Waals surface area (Å²) in [4.78, 5) is 13.0. The van der Waals surface area contributed by atoms with Gasteiger partial charge in [-0.2, -0.15) is 5.10 Å². The van der Waals surface area contributed by atoms with E-state index in [1.54, 1.807) is 18.3 Å². The zero-order valence-electron chi connectivity index (χ0n) is 16.2. The highest BCUT2D eigenvalue weighted by molar-refractivity contribution is 6.34. The number of hydrogen-bond donors (Lipinski definition) is 1. The molecule has 0 atom stereocenters. The predicted molar refractivity (Wildman–Crippen MR) is 112 cm³/mol. The third-order valence-electron chi connectivity index (χ3n) is 4.79. The fourth-order valence-electron chi connectivity index (χ4n) is 3.34. The number of nitrogens with zero attached hydrogens (tertiary/aromatic N) is 2. The Morgan fingerprint density at radius 1 is 1.17 bits per heavy atom. The maximum Gasteiger partial charge on any atom is 0.259 e.